The molecule has 1 saturated heterocycles. The number of benzene rings is 1. The largest absolute Gasteiger partial charge is 0.445 e. The number of carbonyl (C=O) groups is 1. The van der Waals surface area contributed by atoms with Crippen LogP contribution in [-0.2, 0) is 16.1 Å². The maximum atomic E-state index is 11.9. The lowest BCUT2D eigenvalue weighted by Gasteiger charge is -2.31. The van der Waals surface area contributed by atoms with Crippen molar-refractivity contribution in [3.63, 3.8) is 0 Å². The van der Waals surface area contributed by atoms with E-state index in [1.54, 1.807) is 11.0 Å². The highest BCUT2D eigenvalue weighted by molar-refractivity contribution is 5.67. The van der Waals surface area contributed by atoms with Crippen molar-refractivity contribution in [2.75, 3.05) is 19.7 Å². The molecule has 0 aliphatic carbocycles. The number of piperidine rings is 1. The van der Waals surface area contributed by atoms with Gasteiger partial charge in [0, 0.05) is 13.1 Å². The van der Waals surface area contributed by atoms with Crippen molar-refractivity contribution in [2.45, 2.75) is 25.6 Å². The molecule has 0 radical (unpaired) electrons. The van der Waals surface area contributed by atoms with Gasteiger partial charge in [-0.05, 0) is 18.4 Å². The first-order chi connectivity index (χ1) is 9.79. The van der Waals surface area contributed by atoms with Crippen molar-refractivity contribution in [1.82, 2.24) is 4.90 Å². The maximum absolute atomic E-state index is 11.9. The van der Waals surface area contributed by atoms with Crippen LogP contribution in [0, 0.1) is 0 Å². The molecule has 0 atom stereocenters. The fourth-order valence-corrected chi connectivity index (χ4v) is 2.22. The third-order valence-electron chi connectivity index (χ3n) is 3.36. The van der Waals surface area contributed by atoms with Gasteiger partial charge in [-0.3, -0.25) is 0 Å². The fourth-order valence-electron chi connectivity index (χ4n) is 2.22. The molecular weight excluding hydrogens is 254 g/mol. The van der Waals surface area contributed by atoms with Crippen LogP contribution in [0.1, 0.15) is 18.4 Å². The van der Waals surface area contributed by atoms with Crippen molar-refractivity contribution in [3.05, 3.63) is 48.6 Å². The van der Waals surface area contributed by atoms with E-state index in [2.05, 4.69) is 6.58 Å². The van der Waals surface area contributed by atoms with Gasteiger partial charge in [-0.2, -0.15) is 0 Å². The summed E-state index contributed by atoms with van der Waals surface area (Å²) < 4.78 is 10.9. The lowest BCUT2D eigenvalue weighted by atomic mass is 10.1. The molecule has 0 N–H and O–H groups in total. The molecule has 1 aliphatic rings. The lowest BCUT2D eigenvalue weighted by Crippen LogP contribution is -2.41. The Labute approximate surface area is 120 Å². The molecule has 0 spiro atoms. The Hall–Kier alpha value is -1.81. The summed E-state index contributed by atoms with van der Waals surface area (Å²) in [6.45, 7) is 5.91. The summed E-state index contributed by atoms with van der Waals surface area (Å²) in [5.74, 6) is 0. The second kappa shape index (κ2) is 7.70. The summed E-state index contributed by atoms with van der Waals surface area (Å²) in [6.07, 6.45) is 3.45. The molecule has 0 saturated carbocycles. The molecule has 0 bridgehead atoms. The van der Waals surface area contributed by atoms with Crippen LogP contribution in [0.5, 0.6) is 0 Å². The summed E-state index contributed by atoms with van der Waals surface area (Å²) >= 11 is 0. The van der Waals surface area contributed by atoms with E-state index in [1.165, 1.54) is 0 Å². The van der Waals surface area contributed by atoms with Gasteiger partial charge in [-0.1, -0.05) is 36.4 Å². The fraction of sp³-hybridized carbons (Fsp3) is 0.438. The van der Waals surface area contributed by atoms with E-state index in [0.717, 1.165) is 18.4 Å². The monoisotopic (exact) mass is 275 g/mol. The van der Waals surface area contributed by atoms with Crippen LogP contribution in [0.2, 0.25) is 0 Å². The molecule has 1 fully saturated rings. The highest BCUT2D eigenvalue weighted by Crippen LogP contribution is 2.15. The molecule has 1 amide bonds. The zero-order valence-electron chi connectivity index (χ0n) is 11.7. The third-order valence-corrected chi connectivity index (χ3v) is 3.36. The van der Waals surface area contributed by atoms with Crippen LogP contribution in [0.25, 0.3) is 0 Å². The first-order valence-corrected chi connectivity index (χ1v) is 6.97. The number of hydrogen-bond donors (Lipinski definition) is 0. The Morgan fingerprint density at radius 2 is 2.00 bits per heavy atom. The van der Waals surface area contributed by atoms with Crippen LogP contribution in [-0.4, -0.2) is 36.8 Å². The predicted octanol–water partition coefficient (Wildman–Crippen LogP) is 2.99. The number of likely N-dealkylation sites (tertiary alicyclic amines) is 1. The number of rotatable bonds is 5. The van der Waals surface area contributed by atoms with Crippen molar-refractivity contribution < 1.29 is 14.3 Å². The van der Waals surface area contributed by atoms with Gasteiger partial charge >= 0.3 is 6.09 Å². The summed E-state index contributed by atoms with van der Waals surface area (Å²) in [4.78, 5) is 13.7. The van der Waals surface area contributed by atoms with Crippen LogP contribution in [0.3, 0.4) is 0 Å². The van der Waals surface area contributed by atoms with E-state index in [0.29, 0.717) is 26.3 Å². The molecule has 1 aromatic rings. The molecule has 1 aromatic carbocycles. The average Bonchev–Trinajstić information content (AvgIpc) is 2.52. The minimum absolute atomic E-state index is 0.228. The van der Waals surface area contributed by atoms with Gasteiger partial charge in [0.2, 0.25) is 0 Å². The SMILES string of the molecule is C=CCOC1CCN(C(=O)OCc2ccccc2)CC1. The standard InChI is InChI=1S/C16H21NO3/c1-2-12-19-15-8-10-17(11-9-15)16(18)20-13-14-6-4-3-5-7-14/h2-7,15H,1,8-13H2. The first-order valence-electron chi connectivity index (χ1n) is 6.97. The first kappa shape index (κ1) is 14.6. The van der Waals surface area contributed by atoms with Gasteiger partial charge in [0.25, 0.3) is 0 Å². The number of hydrogen-bond acceptors (Lipinski definition) is 3. The summed E-state index contributed by atoms with van der Waals surface area (Å²) in [5, 5.41) is 0. The summed E-state index contributed by atoms with van der Waals surface area (Å²) in [7, 11) is 0. The Kier molecular flexibility index (Phi) is 5.62. The normalized spacial score (nSPS) is 15.9. The van der Waals surface area contributed by atoms with Gasteiger partial charge in [0.1, 0.15) is 6.61 Å². The van der Waals surface area contributed by atoms with E-state index in [-0.39, 0.29) is 12.2 Å². The molecule has 1 aliphatic heterocycles. The minimum Gasteiger partial charge on any atom is -0.445 e. The highest BCUT2D eigenvalue weighted by atomic mass is 16.6. The van der Waals surface area contributed by atoms with Gasteiger partial charge in [0.15, 0.2) is 0 Å². The van der Waals surface area contributed by atoms with Gasteiger partial charge in [0.05, 0.1) is 12.7 Å². The average molecular weight is 275 g/mol. The van der Waals surface area contributed by atoms with E-state index < -0.39 is 0 Å². The Balaban J connectivity index is 1.70. The number of ether oxygens (including phenoxy) is 2. The molecule has 108 valence electrons. The molecular formula is C16H21NO3. The summed E-state index contributed by atoms with van der Waals surface area (Å²) in [6, 6.07) is 9.71. The number of amides is 1. The van der Waals surface area contributed by atoms with Crippen molar-refractivity contribution in [1.29, 1.82) is 0 Å². The Morgan fingerprint density at radius 3 is 2.65 bits per heavy atom. The molecule has 4 nitrogen and oxygen atoms in total. The third kappa shape index (κ3) is 4.38. The molecule has 2 rings (SSSR count). The van der Waals surface area contributed by atoms with Crippen molar-refractivity contribution in [2.24, 2.45) is 0 Å². The van der Waals surface area contributed by atoms with Gasteiger partial charge in [-0.15, -0.1) is 6.58 Å². The van der Waals surface area contributed by atoms with Crippen molar-refractivity contribution in [3.8, 4) is 0 Å². The van der Waals surface area contributed by atoms with Gasteiger partial charge < -0.3 is 14.4 Å². The molecule has 20 heavy (non-hydrogen) atoms. The molecule has 1 heterocycles. The molecule has 4 heteroatoms. The van der Waals surface area contributed by atoms with Gasteiger partial charge in [-0.25, -0.2) is 4.79 Å². The van der Waals surface area contributed by atoms with E-state index >= 15 is 0 Å². The van der Waals surface area contributed by atoms with E-state index in [1.807, 2.05) is 30.3 Å². The lowest BCUT2D eigenvalue weighted by molar-refractivity contribution is 0.0172. The second-order valence-electron chi connectivity index (χ2n) is 4.85. The van der Waals surface area contributed by atoms with Crippen LogP contribution in [0.15, 0.2) is 43.0 Å². The van der Waals surface area contributed by atoms with Crippen LogP contribution >= 0.6 is 0 Å². The Morgan fingerprint density at radius 1 is 1.30 bits per heavy atom. The number of carbonyl (C=O) groups excluding carboxylic acids is 1. The predicted molar refractivity (Wildman–Crippen MR) is 77.4 cm³/mol. The zero-order chi connectivity index (χ0) is 14.2. The molecule has 0 unspecified atom stereocenters. The topological polar surface area (TPSA) is 38.8 Å². The zero-order valence-corrected chi connectivity index (χ0v) is 11.7. The molecule has 0 aromatic heterocycles. The summed E-state index contributed by atoms with van der Waals surface area (Å²) in [5.41, 5.74) is 1.00. The van der Waals surface area contributed by atoms with E-state index in [9.17, 15) is 4.79 Å². The quantitative estimate of drug-likeness (QED) is 0.775. The van der Waals surface area contributed by atoms with E-state index in [4.69, 9.17) is 9.47 Å². The number of nitrogens with zero attached hydrogens (tertiary/aromatic N) is 1. The van der Waals surface area contributed by atoms with Crippen LogP contribution < -0.4 is 0 Å². The van der Waals surface area contributed by atoms with Crippen LogP contribution in [0.4, 0.5) is 4.79 Å². The smallest absolute Gasteiger partial charge is 0.410 e. The minimum atomic E-state index is -0.240. The second-order valence-corrected chi connectivity index (χ2v) is 4.85. The maximum Gasteiger partial charge on any atom is 0.410 e. The van der Waals surface area contributed by atoms with Crippen molar-refractivity contribution >= 4 is 6.09 Å². The Bertz CT molecular complexity index is 425. The highest BCUT2D eigenvalue weighted by Gasteiger charge is 2.23.